The normalized spacial score (nSPS) is 10.7. The van der Waals surface area contributed by atoms with Crippen LogP contribution in [0.4, 0.5) is 0 Å². The molecule has 0 fully saturated rings. The Kier molecular flexibility index (Phi) is 3.54. The predicted octanol–water partition coefficient (Wildman–Crippen LogP) is 3.20. The van der Waals surface area contributed by atoms with Crippen molar-refractivity contribution in [1.82, 2.24) is 0 Å². The van der Waals surface area contributed by atoms with Gasteiger partial charge in [-0.2, -0.15) is 0 Å². The lowest BCUT2D eigenvalue weighted by Gasteiger charge is -2.10. The summed E-state index contributed by atoms with van der Waals surface area (Å²) >= 11 is 0. The van der Waals surface area contributed by atoms with E-state index in [2.05, 4.69) is 0 Å². The standard InChI is InChI=1S/C18H14O5/c1-23-16-8-10(6-7-14(16)19)17(21)13-9-15(20)11-4-2-3-5-12(11)18(13)22/h2-9,19-20,22H,1H3. The summed E-state index contributed by atoms with van der Waals surface area (Å²) in [6.45, 7) is 0. The molecule has 116 valence electrons. The molecule has 0 amide bonds. The van der Waals surface area contributed by atoms with Crippen molar-refractivity contribution in [3.8, 4) is 23.0 Å². The third-order valence-electron chi connectivity index (χ3n) is 3.68. The van der Waals surface area contributed by atoms with E-state index in [1.54, 1.807) is 24.3 Å². The van der Waals surface area contributed by atoms with Gasteiger partial charge in [-0.25, -0.2) is 0 Å². The van der Waals surface area contributed by atoms with E-state index in [4.69, 9.17) is 4.74 Å². The van der Waals surface area contributed by atoms with Gasteiger partial charge in [-0.1, -0.05) is 24.3 Å². The minimum absolute atomic E-state index is 0.0195. The van der Waals surface area contributed by atoms with Crippen molar-refractivity contribution in [2.45, 2.75) is 0 Å². The van der Waals surface area contributed by atoms with E-state index in [9.17, 15) is 20.1 Å². The summed E-state index contributed by atoms with van der Waals surface area (Å²) in [5.41, 5.74) is 0.207. The minimum Gasteiger partial charge on any atom is -0.507 e. The van der Waals surface area contributed by atoms with Gasteiger partial charge in [-0.05, 0) is 24.3 Å². The van der Waals surface area contributed by atoms with Crippen molar-refractivity contribution >= 4 is 16.6 Å². The van der Waals surface area contributed by atoms with Gasteiger partial charge in [0.1, 0.15) is 11.5 Å². The van der Waals surface area contributed by atoms with Crippen LogP contribution in [0.2, 0.25) is 0 Å². The average molecular weight is 310 g/mol. The Morgan fingerprint density at radius 3 is 2.30 bits per heavy atom. The zero-order valence-electron chi connectivity index (χ0n) is 12.3. The van der Waals surface area contributed by atoms with E-state index < -0.39 is 5.78 Å². The van der Waals surface area contributed by atoms with Crippen molar-refractivity contribution in [2.24, 2.45) is 0 Å². The number of ether oxygens (including phenoxy) is 1. The Morgan fingerprint density at radius 2 is 1.61 bits per heavy atom. The molecule has 0 saturated carbocycles. The van der Waals surface area contributed by atoms with Gasteiger partial charge in [0.25, 0.3) is 0 Å². The Labute approximate surface area is 132 Å². The maximum atomic E-state index is 12.6. The highest BCUT2D eigenvalue weighted by Gasteiger charge is 2.19. The summed E-state index contributed by atoms with van der Waals surface area (Å²) in [6.07, 6.45) is 0. The van der Waals surface area contributed by atoms with E-state index in [0.29, 0.717) is 10.8 Å². The van der Waals surface area contributed by atoms with Gasteiger partial charge in [-0.3, -0.25) is 4.79 Å². The Morgan fingerprint density at radius 1 is 0.913 bits per heavy atom. The molecule has 5 heteroatoms. The highest BCUT2D eigenvalue weighted by atomic mass is 16.5. The number of ketones is 1. The van der Waals surface area contributed by atoms with Crippen LogP contribution in [0.15, 0.2) is 48.5 Å². The van der Waals surface area contributed by atoms with Gasteiger partial charge in [0.2, 0.25) is 0 Å². The van der Waals surface area contributed by atoms with Crippen molar-refractivity contribution in [3.05, 3.63) is 59.7 Å². The Balaban J connectivity index is 2.17. The maximum Gasteiger partial charge on any atom is 0.197 e. The number of hydrogen-bond donors (Lipinski definition) is 3. The molecule has 5 nitrogen and oxygen atoms in total. The van der Waals surface area contributed by atoms with Crippen molar-refractivity contribution in [3.63, 3.8) is 0 Å². The third kappa shape index (κ3) is 2.42. The minimum atomic E-state index is -0.484. The first-order chi connectivity index (χ1) is 11.0. The first kappa shape index (κ1) is 14.7. The number of methoxy groups -OCH3 is 1. The number of aromatic hydroxyl groups is 3. The number of fused-ring (bicyclic) bond motifs is 1. The van der Waals surface area contributed by atoms with Gasteiger partial charge >= 0.3 is 0 Å². The van der Waals surface area contributed by atoms with Crippen LogP contribution in [0.1, 0.15) is 15.9 Å². The van der Waals surface area contributed by atoms with Crippen LogP contribution >= 0.6 is 0 Å². The maximum absolute atomic E-state index is 12.6. The van der Waals surface area contributed by atoms with Gasteiger partial charge in [0.15, 0.2) is 17.3 Å². The van der Waals surface area contributed by atoms with Crippen LogP contribution in [0.25, 0.3) is 10.8 Å². The van der Waals surface area contributed by atoms with E-state index in [1.807, 2.05) is 0 Å². The second-order valence-electron chi connectivity index (χ2n) is 5.05. The van der Waals surface area contributed by atoms with Crippen LogP contribution in [0.5, 0.6) is 23.0 Å². The van der Waals surface area contributed by atoms with Crippen LogP contribution in [0.3, 0.4) is 0 Å². The molecule has 0 aliphatic heterocycles. The van der Waals surface area contributed by atoms with Gasteiger partial charge in [0.05, 0.1) is 12.7 Å². The second kappa shape index (κ2) is 5.53. The molecule has 0 bridgehead atoms. The second-order valence-corrected chi connectivity index (χ2v) is 5.05. The third-order valence-corrected chi connectivity index (χ3v) is 3.68. The number of hydrogen-bond acceptors (Lipinski definition) is 5. The lowest BCUT2D eigenvalue weighted by atomic mass is 9.97. The van der Waals surface area contributed by atoms with Crippen molar-refractivity contribution in [2.75, 3.05) is 7.11 Å². The number of carbonyl (C=O) groups excluding carboxylic acids is 1. The fourth-order valence-corrected chi connectivity index (χ4v) is 2.49. The molecule has 0 saturated heterocycles. The summed E-state index contributed by atoms with van der Waals surface area (Å²) in [5, 5.41) is 30.9. The lowest BCUT2D eigenvalue weighted by Crippen LogP contribution is -2.02. The lowest BCUT2D eigenvalue weighted by molar-refractivity contribution is 0.103. The molecule has 3 aromatic rings. The SMILES string of the molecule is COc1cc(C(=O)c2cc(O)c3ccccc3c2O)ccc1O. The molecular weight excluding hydrogens is 296 g/mol. The Hall–Kier alpha value is -3.21. The Bertz CT molecular complexity index is 915. The van der Waals surface area contributed by atoms with Gasteiger partial charge in [-0.15, -0.1) is 0 Å². The predicted molar refractivity (Wildman–Crippen MR) is 85.4 cm³/mol. The van der Waals surface area contributed by atoms with E-state index in [1.165, 1.54) is 31.4 Å². The summed E-state index contributed by atoms with van der Waals surface area (Å²) in [6, 6.07) is 12.1. The van der Waals surface area contributed by atoms with Crippen molar-refractivity contribution in [1.29, 1.82) is 0 Å². The van der Waals surface area contributed by atoms with E-state index in [-0.39, 0.29) is 34.1 Å². The molecule has 0 heterocycles. The van der Waals surface area contributed by atoms with Crippen LogP contribution in [-0.4, -0.2) is 28.2 Å². The smallest absolute Gasteiger partial charge is 0.197 e. The molecule has 3 aromatic carbocycles. The summed E-state index contributed by atoms with van der Waals surface area (Å²) in [7, 11) is 1.38. The molecular formula is C18H14O5. The molecule has 0 spiro atoms. The fraction of sp³-hybridized carbons (Fsp3) is 0.0556. The number of benzene rings is 3. The highest BCUT2D eigenvalue weighted by Crippen LogP contribution is 2.37. The fourth-order valence-electron chi connectivity index (χ4n) is 2.49. The molecule has 0 aliphatic carbocycles. The summed E-state index contributed by atoms with van der Waals surface area (Å²) in [5.74, 6) is -0.709. The van der Waals surface area contributed by atoms with Crippen LogP contribution in [0, 0.1) is 0 Å². The number of carbonyl (C=O) groups is 1. The van der Waals surface area contributed by atoms with Gasteiger partial charge in [0, 0.05) is 16.3 Å². The zero-order chi connectivity index (χ0) is 16.6. The first-order valence-electron chi connectivity index (χ1n) is 6.88. The monoisotopic (exact) mass is 310 g/mol. The zero-order valence-corrected chi connectivity index (χ0v) is 12.3. The molecule has 0 unspecified atom stereocenters. The average Bonchev–Trinajstić information content (AvgIpc) is 2.58. The largest absolute Gasteiger partial charge is 0.507 e. The molecule has 0 aliphatic rings. The first-order valence-corrected chi connectivity index (χ1v) is 6.88. The molecule has 0 radical (unpaired) electrons. The molecule has 0 aromatic heterocycles. The highest BCUT2D eigenvalue weighted by molar-refractivity contribution is 6.14. The van der Waals surface area contributed by atoms with E-state index >= 15 is 0 Å². The molecule has 0 atom stereocenters. The quantitative estimate of drug-likeness (QED) is 0.511. The van der Waals surface area contributed by atoms with Gasteiger partial charge < -0.3 is 20.1 Å². The van der Waals surface area contributed by atoms with Crippen LogP contribution < -0.4 is 4.74 Å². The number of phenolic OH excluding ortho intramolecular Hbond substituents is 3. The van der Waals surface area contributed by atoms with E-state index in [0.717, 1.165) is 0 Å². The molecule has 3 N–H and O–H groups in total. The summed E-state index contributed by atoms with van der Waals surface area (Å²) in [4.78, 5) is 12.6. The van der Waals surface area contributed by atoms with Crippen LogP contribution in [-0.2, 0) is 0 Å². The summed E-state index contributed by atoms with van der Waals surface area (Å²) < 4.78 is 4.98. The number of rotatable bonds is 3. The van der Waals surface area contributed by atoms with Crippen molar-refractivity contribution < 1.29 is 24.9 Å². The molecule has 3 rings (SSSR count). The molecule has 23 heavy (non-hydrogen) atoms. The topological polar surface area (TPSA) is 87.0 Å². The number of phenols is 3.